The van der Waals surface area contributed by atoms with E-state index in [9.17, 15) is 4.79 Å². The number of anilines is 1. The standard InChI is InChI=1S/C31H39N5O3/c1-6-9-24(19-33-30(37)7-2)28-12-10-25(20-35(28)5)23-11-13-29-27(18-23)34-31(32-8-3)26(21-39-29)22(4)36-14-16-38-17-15-36/h7-8,10-13,18,20,24H,2-3,6,9,14-17,19,21H2,1,4-5H3,(H-,32,33,34,37)/p+1/b26-22+. The maximum absolute atomic E-state index is 11.7. The molecule has 2 aliphatic heterocycles. The summed E-state index contributed by atoms with van der Waals surface area (Å²) in [6.45, 7) is 15.8. The Morgan fingerprint density at radius 3 is 2.69 bits per heavy atom. The van der Waals surface area contributed by atoms with Crippen LogP contribution in [-0.2, 0) is 16.6 Å². The van der Waals surface area contributed by atoms with Gasteiger partial charge >= 0.3 is 0 Å². The van der Waals surface area contributed by atoms with Crippen LogP contribution >= 0.6 is 0 Å². The molecule has 2 aromatic rings. The first-order valence-electron chi connectivity index (χ1n) is 13.6. The molecule has 3 heterocycles. The first-order chi connectivity index (χ1) is 18.9. The minimum Gasteiger partial charge on any atom is -0.487 e. The molecular formula is C31H40N5O3+. The molecule has 1 fully saturated rings. The molecule has 1 atom stereocenters. The van der Waals surface area contributed by atoms with Crippen molar-refractivity contribution in [2.24, 2.45) is 12.0 Å². The van der Waals surface area contributed by atoms with E-state index in [1.54, 1.807) is 6.20 Å². The molecule has 4 rings (SSSR count). The van der Waals surface area contributed by atoms with Gasteiger partial charge in [-0.15, -0.1) is 0 Å². The van der Waals surface area contributed by atoms with E-state index >= 15 is 0 Å². The predicted octanol–water partition coefficient (Wildman–Crippen LogP) is 4.32. The zero-order valence-corrected chi connectivity index (χ0v) is 23.3. The van der Waals surface area contributed by atoms with Crippen molar-refractivity contribution in [3.63, 3.8) is 0 Å². The van der Waals surface area contributed by atoms with Gasteiger partial charge in [0.1, 0.15) is 25.2 Å². The lowest BCUT2D eigenvalue weighted by molar-refractivity contribution is -0.680. The summed E-state index contributed by atoms with van der Waals surface area (Å²) < 4.78 is 13.9. The number of nitrogens with one attached hydrogen (secondary N) is 2. The van der Waals surface area contributed by atoms with Crippen LogP contribution in [0.5, 0.6) is 5.75 Å². The lowest BCUT2D eigenvalue weighted by Crippen LogP contribution is -2.38. The Morgan fingerprint density at radius 1 is 1.23 bits per heavy atom. The van der Waals surface area contributed by atoms with Crippen LogP contribution in [0.2, 0.25) is 0 Å². The van der Waals surface area contributed by atoms with Crippen molar-refractivity contribution >= 4 is 17.4 Å². The van der Waals surface area contributed by atoms with Crippen LogP contribution in [0, 0.1) is 0 Å². The number of hydrogen-bond donors (Lipinski definition) is 2. The van der Waals surface area contributed by atoms with E-state index in [4.69, 9.17) is 9.47 Å². The Kier molecular flexibility index (Phi) is 9.54. The highest BCUT2D eigenvalue weighted by Gasteiger charge is 2.24. The SMILES string of the molecule is C=CN=C1Nc2cc(-c3ccc(C(CCC)CNC(=O)C=C)[n+](C)c3)ccc2OC/C1=C(/C)N1CCOCC1. The fourth-order valence-electron chi connectivity index (χ4n) is 5.13. The number of nitrogens with zero attached hydrogens (tertiary/aromatic N) is 3. The summed E-state index contributed by atoms with van der Waals surface area (Å²) in [6, 6.07) is 10.5. The molecule has 1 saturated heterocycles. The normalized spacial score (nSPS) is 18.2. The van der Waals surface area contributed by atoms with Crippen LogP contribution in [0.4, 0.5) is 5.69 Å². The van der Waals surface area contributed by atoms with Crippen molar-refractivity contribution in [1.29, 1.82) is 0 Å². The van der Waals surface area contributed by atoms with Crippen molar-refractivity contribution in [2.45, 2.75) is 32.6 Å². The van der Waals surface area contributed by atoms with Crippen molar-refractivity contribution < 1.29 is 18.8 Å². The molecule has 1 amide bonds. The molecule has 39 heavy (non-hydrogen) atoms. The Morgan fingerprint density at radius 2 is 2.00 bits per heavy atom. The molecule has 206 valence electrons. The molecule has 0 bridgehead atoms. The Balaban J connectivity index is 1.60. The number of amidine groups is 1. The molecule has 0 radical (unpaired) electrons. The number of pyridine rings is 1. The van der Waals surface area contributed by atoms with Crippen LogP contribution in [0.3, 0.4) is 0 Å². The van der Waals surface area contributed by atoms with Crippen molar-refractivity contribution in [1.82, 2.24) is 10.2 Å². The van der Waals surface area contributed by atoms with Gasteiger partial charge in [-0.05, 0) is 43.2 Å². The number of carbonyl (C=O) groups excluding carboxylic acids is 1. The smallest absolute Gasteiger partial charge is 0.243 e. The minimum atomic E-state index is -0.146. The van der Waals surface area contributed by atoms with Gasteiger partial charge in [0, 0.05) is 43.2 Å². The molecule has 2 N–H and O–H groups in total. The second kappa shape index (κ2) is 13.2. The molecule has 2 aliphatic rings. The summed E-state index contributed by atoms with van der Waals surface area (Å²) in [7, 11) is 2.06. The van der Waals surface area contributed by atoms with Gasteiger partial charge < -0.3 is 25.0 Å². The Labute approximate surface area is 231 Å². The molecule has 1 unspecified atom stereocenters. The summed E-state index contributed by atoms with van der Waals surface area (Å²) in [5.74, 6) is 1.60. The van der Waals surface area contributed by atoms with E-state index in [0.717, 1.165) is 78.8 Å². The van der Waals surface area contributed by atoms with E-state index in [-0.39, 0.29) is 11.8 Å². The van der Waals surface area contributed by atoms with Crippen LogP contribution in [0.25, 0.3) is 11.1 Å². The fourth-order valence-corrected chi connectivity index (χ4v) is 5.13. The highest BCUT2D eigenvalue weighted by molar-refractivity contribution is 6.10. The van der Waals surface area contributed by atoms with E-state index < -0.39 is 0 Å². The molecule has 0 aliphatic carbocycles. The zero-order chi connectivity index (χ0) is 27.8. The quantitative estimate of drug-likeness (QED) is 0.373. The fraction of sp³-hybridized carbons (Fsp3) is 0.387. The van der Waals surface area contributed by atoms with Gasteiger partial charge in [0.2, 0.25) is 5.91 Å². The first kappa shape index (κ1) is 28.1. The topological polar surface area (TPSA) is 79.1 Å². The van der Waals surface area contributed by atoms with Crippen molar-refractivity contribution in [2.75, 3.05) is 44.8 Å². The van der Waals surface area contributed by atoms with Gasteiger partial charge in [0.25, 0.3) is 0 Å². The number of hydrogen-bond acceptors (Lipinski definition) is 5. The van der Waals surface area contributed by atoms with Gasteiger partial charge in [-0.3, -0.25) is 4.79 Å². The van der Waals surface area contributed by atoms with Crippen LogP contribution < -0.4 is 19.9 Å². The van der Waals surface area contributed by atoms with E-state index in [1.165, 1.54) is 11.8 Å². The maximum atomic E-state index is 11.7. The lowest BCUT2D eigenvalue weighted by atomic mass is 9.97. The molecule has 0 spiro atoms. The maximum Gasteiger partial charge on any atom is 0.243 e. The Bertz CT molecular complexity index is 1280. The van der Waals surface area contributed by atoms with Crippen LogP contribution in [0.1, 0.15) is 38.3 Å². The number of rotatable bonds is 9. The minimum absolute atomic E-state index is 0.146. The van der Waals surface area contributed by atoms with Gasteiger partial charge in [0.15, 0.2) is 11.9 Å². The third kappa shape index (κ3) is 6.75. The summed E-state index contributed by atoms with van der Waals surface area (Å²) in [5, 5.41) is 6.47. The predicted molar refractivity (Wildman–Crippen MR) is 156 cm³/mol. The number of morpholine rings is 1. The highest BCUT2D eigenvalue weighted by atomic mass is 16.5. The number of ether oxygens (including phenoxy) is 2. The third-order valence-electron chi connectivity index (χ3n) is 7.30. The lowest BCUT2D eigenvalue weighted by Gasteiger charge is -2.31. The first-order valence-corrected chi connectivity index (χ1v) is 13.6. The number of aromatic nitrogens is 1. The molecule has 1 aromatic heterocycles. The average Bonchev–Trinajstić information content (AvgIpc) is 3.14. The van der Waals surface area contributed by atoms with Crippen molar-refractivity contribution in [3.8, 4) is 16.9 Å². The summed E-state index contributed by atoms with van der Waals surface area (Å²) in [5.41, 5.74) is 6.33. The van der Waals surface area contributed by atoms with E-state index in [2.05, 4.69) is 89.6 Å². The van der Waals surface area contributed by atoms with Crippen molar-refractivity contribution in [3.05, 3.63) is 78.9 Å². The van der Waals surface area contributed by atoms with Gasteiger partial charge in [-0.2, -0.15) is 0 Å². The molecule has 1 aromatic carbocycles. The molecule has 8 heteroatoms. The number of benzene rings is 1. The molecule has 8 nitrogen and oxygen atoms in total. The number of carbonyl (C=O) groups is 1. The number of amides is 1. The van der Waals surface area contributed by atoms with E-state index in [1.807, 2.05) is 6.07 Å². The third-order valence-corrected chi connectivity index (χ3v) is 7.30. The van der Waals surface area contributed by atoms with Gasteiger partial charge in [-0.25, -0.2) is 9.56 Å². The number of aryl methyl sites for hydroxylation is 1. The van der Waals surface area contributed by atoms with Crippen LogP contribution in [0.15, 0.2) is 78.2 Å². The van der Waals surface area contributed by atoms with Crippen LogP contribution in [-0.4, -0.2) is 56.1 Å². The zero-order valence-electron chi connectivity index (χ0n) is 23.3. The summed E-state index contributed by atoms with van der Waals surface area (Å²) >= 11 is 0. The number of aliphatic imine (C=N–C) groups is 1. The monoisotopic (exact) mass is 530 g/mol. The summed E-state index contributed by atoms with van der Waals surface area (Å²) in [4.78, 5) is 18.6. The largest absolute Gasteiger partial charge is 0.487 e. The number of fused-ring (bicyclic) bond motifs is 1. The van der Waals surface area contributed by atoms with E-state index in [0.29, 0.717) is 13.2 Å². The van der Waals surface area contributed by atoms with Gasteiger partial charge in [-0.1, -0.05) is 32.6 Å². The Hall–Kier alpha value is -3.91. The molecular weight excluding hydrogens is 490 g/mol. The second-order valence-corrected chi connectivity index (χ2v) is 9.84. The molecule has 0 saturated carbocycles. The average molecular weight is 531 g/mol. The summed E-state index contributed by atoms with van der Waals surface area (Å²) in [6.07, 6.45) is 7.03. The highest BCUT2D eigenvalue weighted by Crippen LogP contribution is 2.34. The second-order valence-electron chi connectivity index (χ2n) is 9.84. The number of allylic oxidation sites excluding steroid dienone is 1. The van der Waals surface area contributed by atoms with Gasteiger partial charge in [0.05, 0.1) is 30.4 Å².